The van der Waals surface area contributed by atoms with Gasteiger partial charge >= 0.3 is 0 Å². The number of hydrogen-bond acceptors (Lipinski definition) is 3. The Labute approximate surface area is 158 Å². The van der Waals surface area contributed by atoms with Crippen molar-refractivity contribution >= 4 is 17.7 Å². The third kappa shape index (κ3) is 4.43. The number of para-hydroxylation sites is 1. The standard InChI is InChI=1S/C19H16ClF4NO2/c20-13-5-1-2-6-14(13)27-19-17(23)15(21)12(16(22)18(19)24)4-3-7-25-8-10-26-11-9-25/h1-6H,7-11H2. The molecule has 1 fully saturated rings. The summed E-state index contributed by atoms with van der Waals surface area (Å²) in [5.41, 5.74) is -0.801. The monoisotopic (exact) mass is 401 g/mol. The zero-order valence-electron chi connectivity index (χ0n) is 14.2. The summed E-state index contributed by atoms with van der Waals surface area (Å²) in [6, 6.07) is 5.83. The van der Waals surface area contributed by atoms with Crippen molar-refractivity contribution in [2.24, 2.45) is 0 Å². The number of morpholine rings is 1. The van der Waals surface area contributed by atoms with Crippen LogP contribution >= 0.6 is 11.6 Å². The highest BCUT2D eigenvalue weighted by molar-refractivity contribution is 6.32. The molecule has 1 heterocycles. The maximum absolute atomic E-state index is 14.3. The van der Waals surface area contributed by atoms with Crippen LogP contribution in [0.1, 0.15) is 5.56 Å². The van der Waals surface area contributed by atoms with Crippen molar-refractivity contribution in [1.29, 1.82) is 0 Å². The maximum Gasteiger partial charge on any atom is 0.205 e. The molecule has 1 aliphatic heterocycles. The molecule has 144 valence electrons. The lowest BCUT2D eigenvalue weighted by molar-refractivity contribution is 0.0435. The van der Waals surface area contributed by atoms with Crippen LogP contribution in [0.15, 0.2) is 30.3 Å². The highest BCUT2D eigenvalue weighted by atomic mass is 35.5. The first kappa shape index (κ1) is 19.7. The van der Waals surface area contributed by atoms with Crippen LogP contribution in [-0.2, 0) is 4.74 Å². The summed E-state index contributed by atoms with van der Waals surface area (Å²) in [5.74, 6) is -7.61. The Morgan fingerprint density at radius 2 is 1.63 bits per heavy atom. The molecule has 0 radical (unpaired) electrons. The van der Waals surface area contributed by atoms with Crippen LogP contribution in [0.5, 0.6) is 11.5 Å². The molecule has 0 aliphatic carbocycles. The molecule has 3 nitrogen and oxygen atoms in total. The van der Waals surface area contributed by atoms with Crippen LogP contribution in [-0.4, -0.2) is 37.7 Å². The molecule has 0 N–H and O–H groups in total. The van der Waals surface area contributed by atoms with Gasteiger partial charge in [-0.05, 0) is 12.1 Å². The van der Waals surface area contributed by atoms with Gasteiger partial charge in [-0.1, -0.05) is 35.9 Å². The Bertz CT molecular complexity index is 825. The minimum atomic E-state index is -1.63. The van der Waals surface area contributed by atoms with E-state index in [0.29, 0.717) is 32.8 Å². The minimum Gasteiger partial charge on any atom is -0.449 e. The highest BCUT2D eigenvalue weighted by Crippen LogP contribution is 2.36. The van der Waals surface area contributed by atoms with E-state index in [4.69, 9.17) is 21.1 Å². The summed E-state index contributed by atoms with van der Waals surface area (Å²) in [4.78, 5) is 1.98. The zero-order valence-corrected chi connectivity index (χ0v) is 14.9. The lowest BCUT2D eigenvalue weighted by Crippen LogP contribution is -2.36. The summed E-state index contributed by atoms with van der Waals surface area (Å²) in [5, 5.41) is 0.0478. The lowest BCUT2D eigenvalue weighted by atomic mass is 10.1. The minimum absolute atomic E-state index is 0.0478. The molecule has 0 saturated carbocycles. The topological polar surface area (TPSA) is 21.7 Å². The van der Waals surface area contributed by atoms with Gasteiger partial charge in [0.1, 0.15) is 5.75 Å². The molecule has 0 amide bonds. The van der Waals surface area contributed by atoms with E-state index in [1.54, 1.807) is 6.07 Å². The molecule has 1 saturated heterocycles. The Balaban J connectivity index is 1.85. The van der Waals surface area contributed by atoms with Crippen LogP contribution < -0.4 is 4.74 Å². The predicted octanol–water partition coefficient (Wildman–Crippen LogP) is 5.03. The van der Waals surface area contributed by atoms with Crippen molar-refractivity contribution in [3.05, 3.63) is 64.2 Å². The first-order valence-corrected chi connectivity index (χ1v) is 8.61. The Morgan fingerprint density at radius 3 is 2.26 bits per heavy atom. The second-order valence-corrected chi connectivity index (χ2v) is 6.25. The number of ether oxygens (including phenoxy) is 2. The third-order valence-electron chi connectivity index (χ3n) is 4.06. The number of nitrogens with zero attached hydrogens (tertiary/aromatic N) is 1. The smallest absolute Gasteiger partial charge is 0.205 e. The van der Waals surface area contributed by atoms with Gasteiger partial charge in [0, 0.05) is 19.6 Å². The molecule has 3 rings (SSSR count). The summed E-state index contributed by atoms with van der Waals surface area (Å²) in [6.45, 7) is 2.84. The molecule has 0 aromatic heterocycles. The van der Waals surface area contributed by atoms with Gasteiger partial charge in [0.15, 0.2) is 11.6 Å². The normalized spacial score (nSPS) is 15.4. The SMILES string of the molecule is Fc1c(F)c(Oc2ccccc2Cl)c(F)c(F)c1C=CCN1CCOCC1. The largest absolute Gasteiger partial charge is 0.449 e. The van der Waals surface area contributed by atoms with E-state index in [-0.39, 0.29) is 10.8 Å². The van der Waals surface area contributed by atoms with Gasteiger partial charge in [-0.15, -0.1) is 0 Å². The fourth-order valence-electron chi connectivity index (χ4n) is 2.61. The van der Waals surface area contributed by atoms with Gasteiger partial charge < -0.3 is 9.47 Å². The maximum atomic E-state index is 14.3. The molecular weight excluding hydrogens is 386 g/mol. The summed E-state index contributed by atoms with van der Waals surface area (Å²) >= 11 is 5.85. The van der Waals surface area contributed by atoms with Crippen LogP contribution in [0.4, 0.5) is 17.6 Å². The lowest BCUT2D eigenvalue weighted by Gasteiger charge is -2.25. The predicted molar refractivity (Wildman–Crippen MR) is 94.1 cm³/mol. The van der Waals surface area contributed by atoms with E-state index in [9.17, 15) is 17.6 Å². The molecule has 0 bridgehead atoms. The molecule has 0 atom stereocenters. The highest BCUT2D eigenvalue weighted by Gasteiger charge is 2.26. The fraction of sp³-hybridized carbons (Fsp3) is 0.263. The second kappa shape index (κ2) is 8.73. The number of benzene rings is 2. The van der Waals surface area contributed by atoms with Crippen molar-refractivity contribution in [2.75, 3.05) is 32.8 Å². The fourth-order valence-corrected chi connectivity index (χ4v) is 2.78. The van der Waals surface area contributed by atoms with E-state index in [2.05, 4.69) is 0 Å². The molecule has 27 heavy (non-hydrogen) atoms. The van der Waals surface area contributed by atoms with Gasteiger partial charge in [0.2, 0.25) is 17.4 Å². The number of hydrogen-bond donors (Lipinski definition) is 0. The van der Waals surface area contributed by atoms with Gasteiger partial charge in [-0.25, -0.2) is 8.78 Å². The second-order valence-electron chi connectivity index (χ2n) is 5.85. The van der Waals surface area contributed by atoms with Gasteiger partial charge in [0.05, 0.1) is 23.8 Å². The van der Waals surface area contributed by atoms with E-state index < -0.39 is 34.6 Å². The molecule has 0 spiro atoms. The number of halogens is 5. The average molecular weight is 402 g/mol. The van der Waals surface area contributed by atoms with Gasteiger partial charge in [-0.3, -0.25) is 4.90 Å². The van der Waals surface area contributed by atoms with Gasteiger partial charge in [0.25, 0.3) is 0 Å². The summed E-state index contributed by atoms with van der Waals surface area (Å²) < 4.78 is 67.3. The van der Waals surface area contributed by atoms with Crippen LogP contribution in [0.2, 0.25) is 5.02 Å². The number of rotatable bonds is 5. The Kier molecular flexibility index (Phi) is 6.36. The molecular formula is C19H16ClF4NO2. The average Bonchev–Trinajstić information content (AvgIpc) is 2.68. The van der Waals surface area contributed by atoms with Gasteiger partial charge in [-0.2, -0.15) is 8.78 Å². The quantitative estimate of drug-likeness (QED) is 0.518. The first-order chi connectivity index (χ1) is 13.0. The molecule has 8 heteroatoms. The van der Waals surface area contributed by atoms with E-state index in [1.807, 2.05) is 4.90 Å². The molecule has 2 aromatic rings. The van der Waals surface area contributed by atoms with Crippen molar-refractivity contribution in [2.45, 2.75) is 0 Å². The van der Waals surface area contributed by atoms with Crippen molar-refractivity contribution < 1.29 is 27.0 Å². The summed E-state index contributed by atoms with van der Waals surface area (Å²) in [6.07, 6.45) is 2.46. The van der Waals surface area contributed by atoms with Crippen LogP contribution in [0.25, 0.3) is 6.08 Å². The van der Waals surface area contributed by atoms with Crippen molar-refractivity contribution in [1.82, 2.24) is 4.90 Å². The molecule has 1 aliphatic rings. The summed E-state index contributed by atoms with van der Waals surface area (Å²) in [7, 11) is 0. The zero-order chi connectivity index (χ0) is 19.4. The Morgan fingerprint density at radius 1 is 1.00 bits per heavy atom. The van der Waals surface area contributed by atoms with E-state index in [1.165, 1.54) is 24.3 Å². The van der Waals surface area contributed by atoms with E-state index >= 15 is 0 Å². The first-order valence-electron chi connectivity index (χ1n) is 8.24. The Hall–Kier alpha value is -2.09. The van der Waals surface area contributed by atoms with E-state index in [0.717, 1.165) is 6.08 Å². The third-order valence-corrected chi connectivity index (χ3v) is 4.37. The van der Waals surface area contributed by atoms with Crippen molar-refractivity contribution in [3.63, 3.8) is 0 Å². The van der Waals surface area contributed by atoms with Crippen LogP contribution in [0, 0.1) is 23.3 Å². The molecule has 0 unspecified atom stereocenters. The van der Waals surface area contributed by atoms with Crippen LogP contribution in [0.3, 0.4) is 0 Å². The molecule has 2 aromatic carbocycles. The van der Waals surface area contributed by atoms with Crippen molar-refractivity contribution in [3.8, 4) is 11.5 Å².